The maximum Gasteiger partial charge on any atom is 0.119 e. The molecule has 2 aromatic carbocycles. The Bertz CT molecular complexity index is 1040. The van der Waals surface area contributed by atoms with Crippen LogP contribution in [-0.4, -0.2) is 26.7 Å². The molecule has 0 bridgehead atoms. The molecule has 0 amide bonds. The van der Waals surface area contributed by atoms with Crippen LogP contribution in [0.25, 0.3) is 0 Å². The highest BCUT2D eigenvalue weighted by Gasteiger charge is 2.40. The van der Waals surface area contributed by atoms with Crippen molar-refractivity contribution in [3.8, 4) is 11.5 Å². The standard InChI is InChI=1S/C26H31N3O2/c1-17-13-21-4-3-20-15-22(30)7-10-24(20)26(21)25(14-17)19-5-8-23(9-6-19)31-12-11-29-16-18(2)27-28-29/h5-10,15-17,21,25-26,30H,3-4,11-14H2,1-2H3/t17-,21?,25+,26?/m0/s1. The third-order valence-corrected chi connectivity index (χ3v) is 7.12. The summed E-state index contributed by atoms with van der Waals surface area (Å²) in [5.41, 5.74) is 5.11. The Balaban J connectivity index is 1.32. The van der Waals surface area contributed by atoms with Crippen molar-refractivity contribution in [1.82, 2.24) is 15.0 Å². The summed E-state index contributed by atoms with van der Waals surface area (Å²) in [7, 11) is 0. The first-order valence-electron chi connectivity index (χ1n) is 11.5. The van der Waals surface area contributed by atoms with Crippen molar-refractivity contribution < 1.29 is 9.84 Å². The van der Waals surface area contributed by atoms with Crippen LogP contribution in [0.4, 0.5) is 0 Å². The molecule has 5 nitrogen and oxygen atoms in total. The first-order chi connectivity index (χ1) is 15.1. The molecule has 5 rings (SSSR count). The lowest BCUT2D eigenvalue weighted by molar-refractivity contribution is 0.193. The highest BCUT2D eigenvalue weighted by atomic mass is 16.5. The first-order valence-corrected chi connectivity index (χ1v) is 11.5. The van der Waals surface area contributed by atoms with Gasteiger partial charge in [-0.1, -0.05) is 30.3 Å². The minimum atomic E-state index is 0.389. The summed E-state index contributed by atoms with van der Waals surface area (Å²) in [6, 6.07) is 14.7. The van der Waals surface area contributed by atoms with Gasteiger partial charge in [-0.15, -0.1) is 5.10 Å². The minimum absolute atomic E-state index is 0.389. The molecular weight excluding hydrogens is 386 g/mol. The second-order valence-corrected chi connectivity index (χ2v) is 9.43. The van der Waals surface area contributed by atoms with Crippen LogP contribution in [0.1, 0.15) is 60.4 Å². The predicted octanol–water partition coefficient (Wildman–Crippen LogP) is 5.23. The number of benzene rings is 2. The van der Waals surface area contributed by atoms with Crippen LogP contribution in [0.3, 0.4) is 0 Å². The van der Waals surface area contributed by atoms with Crippen molar-refractivity contribution in [3.63, 3.8) is 0 Å². The van der Waals surface area contributed by atoms with Gasteiger partial charge in [-0.25, -0.2) is 4.68 Å². The highest BCUT2D eigenvalue weighted by Crippen LogP contribution is 2.54. The predicted molar refractivity (Wildman–Crippen MR) is 120 cm³/mol. The summed E-state index contributed by atoms with van der Waals surface area (Å²) in [5, 5.41) is 18.0. The van der Waals surface area contributed by atoms with E-state index in [0.717, 1.165) is 29.7 Å². The number of nitrogens with zero attached hydrogens (tertiary/aromatic N) is 3. The molecule has 3 aromatic rings. The zero-order valence-corrected chi connectivity index (χ0v) is 18.4. The molecule has 1 saturated carbocycles. The van der Waals surface area contributed by atoms with Gasteiger partial charge >= 0.3 is 0 Å². The molecule has 0 aliphatic heterocycles. The summed E-state index contributed by atoms with van der Waals surface area (Å²) < 4.78 is 7.75. The first kappa shape index (κ1) is 20.1. The maximum atomic E-state index is 9.96. The lowest BCUT2D eigenvalue weighted by Crippen LogP contribution is -2.32. The van der Waals surface area contributed by atoms with E-state index in [0.29, 0.717) is 30.7 Å². The second kappa shape index (κ2) is 8.37. The highest BCUT2D eigenvalue weighted by molar-refractivity contribution is 5.42. The Kier molecular flexibility index (Phi) is 5.43. The van der Waals surface area contributed by atoms with Crippen LogP contribution in [0.15, 0.2) is 48.7 Å². The fourth-order valence-electron chi connectivity index (χ4n) is 5.83. The van der Waals surface area contributed by atoms with Crippen LogP contribution in [0.2, 0.25) is 0 Å². The van der Waals surface area contributed by atoms with E-state index in [4.69, 9.17) is 4.74 Å². The maximum absolute atomic E-state index is 9.96. The van der Waals surface area contributed by atoms with Crippen LogP contribution in [0.5, 0.6) is 11.5 Å². The summed E-state index contributed by atoms with van der Waals surface area (Å²) in [6.45, 7) is 5.60. The molecule has 0 spiro atoms. The molecule has 4 atom stereocenters. The quantitative estimate of drug-likeness (QED) is 0.617. The second-order valence-electron chi connectivity index (χ2n) is 9.43. The van der Waals surface area contributed by atoms with E-state index in [-0.39, 0.29) is 0 Å². The van der Waals surface area contributed by atoms with Crippen molar-refractivity contribution in [2.24, 2.45) is 11.8 Å². The fourth-order valence-corrected chi connectivity index (χ4v) is 5.83. The number of hydrogen-bond donors (Lipinski definition) is 1. The van der Waals surface area contributed by atoms with Gasteiger partial charge in [0.2, 0.25) is 0 Å². The van der Waals surface area contributed by atoms with Gasteiger partial charge in [0.05, 0.1) is 12.2 Å². The molecular formula is C26H31N3O2. The Morgan fingerprint density at radius 2 is 1.97 bits per heavy atom. The van der Waals surface area contributed by atoms with Crippen LogP contribution in [0, 0.1) is 18.8 Å². The van der Waals surface area contributed by atoms with Gasteiger partial charge in [-0.2, -0.15) is 0 Å². The summed E-state index contributed by atoms with van der Waals surface area (Å²) in [5.74, 6) is 3.82. The average molecular weight is 418 g/mol. The van der Waals surface area contributed by atoms with Crippen molar-refractivity contribution in [1.29, 1.82) is 0 Å². The molecule has 31 heavy (non-hydrogen) atoms. The van der Waals surface area contributed by atoms with E-state index in [1.807, 2.05) is 29.9 Å². The molecule has 0 radical (unpaired) electrons. The smallest absolute Gasteiger partial charge is 0.119 e. The monoisotopic (exact) mass is 417 g/mol. The normalized spacial score (nSPS) is 25.0. The van der Waals surface area contributed by atoms with Crippen molar-refractivity contribution in [2.45, 2.75) is 57.9 Å². The summed E-state index contributed by atoms with van der Waals surface area (Å²) in [4.78, 5) is 0. The van der Waals surface area contributed by atoms with E-state index in [9.17, 15) is 5.11 Å². The largest absolute Gasteiger partial charge is 0.508 e. The minimum Gasteiger partial charge on any atom is -0.508 e. The molecule has 1 N–H and O–H groups in total. The summed E-state index contributed by atoms with van der Waals surface area (Å²) >= 11 is 0. The third-order valence-electron chi connectivity index (χ3n) is 7.12. The van der Waals surface area contributed by atoms with Crippen LogP contribution >= 0.6 is 0 Å². The van der Waals surface area contributed by atoms with Crippen LogP contribution < -0.4 is 4.74 Å². The number of ether oxygens (including phenoxy) is 1. The molecule has 0 saturated heterocycles. The molecule has 2 aliphatic carbocycles. The number of aryl methyl sites for hydroxylation is 2. The average Bonchev–Trinajstić information content (AvgIpc) is 3.18. The number of aromatic nitrogens is 3. The van der Waals surface area contributed by atoms with E-state index in [2.05, 4.69) is 47.6 Å². The van der Waals surface area contributed by atoms with Gasteiger partial charge in [-0.05, 0) is 97.2 Å². The number of phenolic OH excluding ortho intramolecular Hbond substituents is 1. The van der Waals surface area contributed by atoms with Crippen molar-refractivity contribution >= 4 is 0 Å². The SMILES string of the molecule is Cc1cn(CCOc2ccc([C@H]3C[C@@H](C)CC4CCc5cc(O)ccc5C43)cc2)nn1. The van der Waals surface area contributed by atoms with Gasteiger partial charge in [0, 0.05) is 6.20 Å². The van der Waals surface area contributed by atoms with E-state index in [1.54, 1.807) is 0 Å². The Hall–Kier alpha value is -2.82. The Morgan fingerprint density at radius 3 is 2.74 bits per heavy atom. The zero-order valence-electron chi connectivity index (χ0n) is 18.4. The van der Waals surface area contributed by atoms with Gasteiger partial charge in [0.25, 0.3) is 0 Å². The van der Waals surface area contributed by atoms with Gasteiger partial charge in [-0.3, -0.25) is 0 Å². The van der Waals surface area contributed by atoms with E-state index < -0.39 is 0 Å². The molecule has 1 heterocycles. The summed E-state index contributed by atoms with van der Waals surface area (Å²) in [6.07, 6.45) is 6.76. The Morgan fingerprint density at radius 1 is 1.13 bits per heavy atom. The third kappa shape index (κ3) is 4.18. The zero-order chi connectivity index (χ0) is 21.4. The number of hydrogen-bond acceptors (Lipinski definition) is 4. The lowest BCUT2D eigenvalue weighted by atomic mass is 9.59. The molecule has 2 aliphatic rings. The number of phenols is 1. The topological polar surface area (TPSA) is 60.2 Å². The molecule has 5 heteroatoms. The van der Waals surface area contributed by atoms with Crippen molar-refractivity contribution in [2.75, 3.05) is 6.61 Å². The molecule has 2 unspecified atom stereocenters. The van der Waals surface area contributed by atoms with Crippen molar-refractivity contribution in [3.05, 3.63) is 71.0 Å². The number of fused-ring (bicyclic) bond motifs is 3. The van der Waals surface area contributed by atoms with Gasteiger partial charge < -0.3 is 9.84 Å². The molecule has 162 valence electrons. The lowest BCUT2D eigenvalue weighted by Gasteiger charge is -2.45. The number of rotatable bonds is 5. The van der Waals surface area contributed by atoms with Gasteiger partial charge in [0.1, 0.15) is 18.1 Å². The molecule has 1 aromatic heterocycles. The van der Waals surface area contributed by atoms with E-state index in [1.165, 1.54) is 36.0 Å². The number of aromatic hydroxyl groups is 1. The van der Waals surface area contributed by atoms with Crippen LogP contribution in [-0.2, 0) is 13.0 Å². The van der Waals surface area contributed by atoms with Gasteiger partial charge in [0.15, 0.2) is 0 Å². The van der Waals surface area contributed by atoms with E-state index >= 15 is 0 Å². The fraction of sp³-hybridized carbons (Fsp3) is 0.462. The Labute approximate surface area is 184 Å². The molecule has 1 fully saturated rings.